The van der Waals surface area contributed by atoms with Crippen molar-refractivity contribution >= 4 is 27.5 Å². The van der Waals surface area contributed by atoms with Gasteiger partial charge in [0.2, 0.25) is 0 Å². The molecule has 0 atom stereocenters. The summed E-state index contributed by atoms with van der Waals surface area (Å²) in [5.74, 6) is 1.78. The lowest BCUT2D eigenvalue weighted by Crippen LogP contribution is -2.12. The minimum absolute atomic E-state index is 0.214. The van der Waals surface area contributed by atoms with Gasteiger partial charge in [-0.3, -0.25) is 4.79 Å². The van der Waals surface area contributed by atoms with E-state index in [1.165, 1.54) is 0 Å². The number of halogens is 1. The maximum Gasteiger partial charge on any atom is 0.260 e. The second-order valence-corrected chi connectivity index (χ2v) is 5.52. The lowest BCUT2D eigenvalue weighted by atomic mass is 10.2. The number of furan rings is 1. The Kier molecular flexibility index (Phi) is 5.63. The van der Waals surface area contributed by atoms with E-state index < -0.39 is 0 Å². The molecule has 0 aliphatic rings. The van der Waals surface area contributed by atoms with E-state index in [9.17, 15) is 4.79 Å². The van der Waals surface area contributed by atoms with Crippen molar-refractivity contribution in [3.05, 3.63) is 45.8 Å². The molecule has 118 valence electrons. The molecule has 0 aliphatic heterocycles. The molecule has 2 rings (SSSR count). The molecule has 0 fully saturated rings. The van der Waals surface area contributed by atoms with Gasteiger partial charge in [0.1, 0.15) is 23.9 Å². The highest BCUT2D eigenvalue weighted by Gasteiger charge is 2.19. The standard InChI is InChI=1S/C16H18BrNO4/c1-10-14(15(17)11(2)22-10)16(19)18-12-4-6-13(7-5-12)21-9-8-20-3/h4-7H,8-9H2,1-3H3,(H,18,19). The normalized spacial score (nSPS) is 10.5. The summed E-state index contributed by atoms with van der Waals surface area (Å²) >= 11 is 3.38. The molecule has 2 aromatic rings. The van der Waals surface area contributed by atoms with E-state index in [-0.39, 0.29) is 5.91 Å². The van der Waals surface area contributed by atoms with Gasteiger partial charge < -0.3 is 19.2 Å². The summed E-state index contributed by atoms with van der Waals surface area (Å²) in [7, 11) is 1.62. The van der Waals surface area contributed by atoms with Crippen LogP contribution in [0, 0.1) is 13.8 Å². The van der Waals surface area contributed by atoms with Gasteiger partial charge in [-0.15, -0.1) is 0 Å². The number of rotatable bonds is 6. The minimum atomic E-state index is -0.214. The van der Waals surface area contributed by atoms with Gasteiger partial charge in [-0.05, 0) is 54.0 Å². The lowest BCUT2D eigenvalue weighted by molar-refractivity contribution is 0.102. The van der Waals surface area contributed by atoms with Gasteiger partial charge in [0.05, 0.1) is 16.6 Å². The van der Waals surface area contributed by atoms with E-state index in [0.717, 1.165) is 5.75 Å². The van der Waals surface area contributed by atoms with E-state index in [0.29, 0.717) is 40.5 Å². The SMILES string of the molecule is COCCOc1ccc(NC(=O)c2c(C)oc(C)c2Br)cc1. The Morgan fingerprint density at radius 1 is 1.18 bits per heavy atom. The third-order valence-electron chi connectivity index (χ3n) is 3.08. The van der Waals surface area contributed by atoms with Crippen molar-refractivity contribution in [2.45, 2.75) is 13.8 Å². The number of carbonyl (C=O) groups excluding carboxylic acids is 1. The first-order valence-electron chi connectivity index (χ1n) is 6.81. The summed E-state index contributed by atoms with van der Waals surface area (Å²) in [5.41, 5.74) is 1.20. The fourth-order valence-corrected chi connectivity index (χ4v) is 2.53. The van der Waals surface area contributed by atoms with Crippen LogP contribution in [0.4, 0.5) is 5.69 Å². The summed E-state index contributed by atoms with van der Waals surface area (Å²) in [5, 5.41) is 2.84. The molecule has 0 aliphatic carbocycles. The topological polar surface area (TPSA) is 60.7 Å². The zero-order valence-electron chi connectivity index (χ0n) is 12.7. The van der Waals surface area contributed by atoms with Crippen molar-refractivity contribution in [3.8, 4) is 5.75 Å². The number of methoxy groups -OCH3 is 1. The van der Waals surface area contributed by atoms with Crippen molar-refractivity contribution in [1.29, 1.82) is 0 Å². The molecule has 1 N–H and O–H groups in total. The zero-order chi connectivity index (χ0) is 16.1. The molecule has 1 amide bonds. The van der Waals surface area contributed by atoms with Crippen molar-refractivity contribution in [3.63, 3.8) is 0 Å². The second kappa shape index (κ2) is 7.47. The molecule has 6 heteroatoms. The summed E-state index contributed by atoms with van der Waals surface area (Å²) < 4.78 is 16.5. The van der Waals surface area contributed by atoms with Crippen molar-refractivity contribution in [1.82, 2.24) is 0 Å². The predicted octanol–water partition coefficient (Wildman–Crippen LogP) is 3.94. The summed E-state index contributed by atoms with van der Waals surface area (Å²) in [6, 6.07) is 7.17. The molecule has 1 heterocycles. The molecule has 1 aromatic heterocycles. The van der Waals surface area contributed by atoms with Gasteiger partial charge in [0, 0.05) is 12.8 Å². The number of hydrogen-bond acceptors (Lipinski definition) is 4. The van der Waals surface area contributed by atoms with E-state index in [4.69, 9.17) is 13.9 Å². The average molecular weight is 368 g/mol. The second-order valence-electron chi connectivity index (χ2n) is 4.72. The fraction of sp³-hybridized carbons (Fsp3) is 0.312. The van der Waals surface area contributed by atoms with Crippen LogP contribution in [0.2, 0.25) is 0 Å². The maximum atomic E-state index is 12.3. The highest BCUT2D eigenvalue weighted by Crippen LogP contribution is 2.28. The molecule has 0 radical (unpaired) electrons. The monoisotopic (exact) mass is 367 g/mol. The van der Waals surface area contributed by atoms with E-state index >= 15 is 0 Å². The first-order valence-corrected chi connectivity index (χ1v) is 7.61. The summed E-state index contributed by atoms with van der Waals surface area (Å²) in [6.07, 6.45) is 0. The molecule has 22 heavy (non-hydrogen) atoms. The Bertz CT molecular complexity index is 649. The van der Waals surface area contributed by atoms with Crippen LogP contribution in [-0.2, 0) is 4.74 Å². The van der Waals surface area contributed by atoms with Crippen LogP contribution in [0.5, 0.6) is 5.75 Å². The quantitative estimate of drug-likeness (QED) is 0.785. The minimum Gasteiger partial charge on any atom is -0.491 e. The fourth-order valence-electron chi connectivity index (χ4n) is 1.99. The van der Waals surface area contributed by atoms with E-state index in [1.54, 1.807) is 45.2 Å². The van der Waals surface area contributed by atoms with Crippen LogP contribution in [-0.4, -0.2) is 26.2 Å². The van der Waals surface area contributed by atoms with Crippen molar-refractivity contribution in [2.24, 2.45) is 0 Å². The van der Waals surface area contributed by atoms with E-state index in [2.05, 4.69) is 21.2 Å². The largest absolute Gasteiger partial charge is 0.491 e. The van der Waals surface area contributed by atoms with E-state index in [1.807, 2.05) is 0 Å². The van der Waals surface area contributed by atoms with Crippen LogP contribution < -0.4 is 10.1 Å². The Morgan fingerprint density at radius 2 is 1.86 bits per heavy atom. The first kappa shape index (κ1) is 16.6. The molecular weight excluding hydrogens is 350 g/mol. The van der Waals surface area contributed by atoms with Crippen LogP contribution in [0.25, 0.3) is 0 Å². The Labute approximate surface area is 137 Å². The van der Waals surface area contributed by atoms with Gasteiger partial charge in [-0.1, -0.05) is 0 Å². The van der Waals surface area contributed by atoms with Gasteiger partial charge in [-0.2, -0.15) is 0 Å². The summed E-state index contributed by atoms with van der Waals surface area (Å²) in [4.78, 5) is 12.3. The number of nitrogens with one attached hydrogen (secondary N) is 1. The summed E-state index contributed by atoms with van der Waals surface area (Å²) in [6.45, 7) is 4.59. The third kappa shape index (κ3) is 3.90. The number of carbonyl (C=O) groups is 1. The van der Waals surface area contributed by atoms with Crippen LogP contribution in [0.3, 0.4) is 0 Å². The Balaban J connectivity index is 2.02. The smallest absolute Gasteiger partial charge is 0.260 e. The number of amides is 1. The number of anilines is 1. The van der Waals surface area contributed by atoms with Gasteiger partial charge in [0.15, 0.2) is 0 Å². The van der Waals surface area contributed by atoms with Crippen molar-refractivity contribution in [2.75, 3.05) is 25.6 Å². The third-order valence-corrected chi connectivity index (χ3v) is 4.04. The zero-order valence-corrected chi connectivity index (χ0v) is 14.3. The lowest BCUT2D eigenvalue weighted by Gasteiger charge is -2.08. The van der Waals surface area contributed by atoms with Crippen LogP contribution in [0.1, 0.15) is 21.9 Å². The molecule has 0 bridgehead atoms. The van der Waals surface area contributed by atoms with Gasteiger partial charge in [0.25, 0.3) is 5.91 Å². The first-order chi connectivity index (χ1) is 10.5. The number of benzene rings is 1. The number of aryl methyl sites for hydroxylation is 2. The Morgan fingerprint density at radius 3 is 2.41 bits per heavy atom. The highest BCUT2D eigenvalue weighted by atomic mass is 79.9. The molecule has 0 saturated heterocycles. The highest BCUT2D eigenvalue weighted by molar-refractivity contribution is 9.10. The average Bonchev–Trinajstić information content (AvgIpc) is 2.74. The molecular formula is C16H18BrNO4. The molecule has 1 aromatic carbocycles. The maximum absolute atomic E-state index is 12.3. The molecule has 0 unspecified atom stereocenters. The van der Waals surface area contributed by atoms with Crippen LogP contribution in [0.15, 0.2) is 33.2 Å². The van der Waals surface area contributed by atoms with Gasteiger partial charge >= 0.3 is 0 Å². The van der Waals surface area contributed by atoms with Crippen molar-refractivity contribution < 1.29 is 18.7 Å². The van der Waals surface area contributed by atoms with Gasteiger partial charge in [-0.25, -0.2) is 0 Å². The molecule has 0 saturated carbocycles. The Hall–Kier alpha value is -1.79. The number of ether oxygens (including phenoxy) is 2. The predicted molar refractivity (Wildman–Crippen MR) is 87.6 cm³/mol. The molecule has 5 nitrogen and oxygen atoms in total. The molecule has 0 spiro atoms. The van der Waals surface area contributed by atoms with Crippen LogP contribution >= 0.6 is 15.9 Å². The number of hydrogen-bond donors (Lipinski definition) is 1.